The lowest BCUT2D eigenvalue weighted by molar-refractivity contribution is 0.557. The van der Waals surface area contributed by atoms with E-state index in [1.165, 1.54) is 0 Å². The van der Waals surface area contributed by atoms with Gasteiger partial charge in [0.2, 0.25) is 0 Å². The topological polar surface area (TPSA) is 90.1 Å². The van der Waals surface area contributed by atoms with Crippen molar-refractivity contribution in [2.75, 3.05) is 0 Å². The van der Waals surface area contributed by atoms with Gasteiger partial charge >= 0.3 is 0 Å². The summed E-state index contributed by atoms with van der Waals surface area (Å²) in [7, 11) is 0. The van der Waals surface area contributed by atoms with E-state index in [1.54, 1.807) is 23.3 Å². The zero-order chi connectivity index (χ0) is 22.5. The van der Waals surface area contributed by atoms with Gasteiger partial charge in [0.1, 0.15) is 5.52 Å². The molecule has 1 unspecified atom stereocenters. The van der Waals surface area contributed by atoms with Gasteiger partial charge < -0.3 is 0 Å². The van der Waals surface area contributed by atoms with E-state index in [-0.39, 0.29) is 6.04 Å². The predicted octanol–water partition coefficient (Wildman–Crippen LogP) is 5.47. The molecule has 0 aliphatic carbocycles. The zero-order valence-corrected chi connectivity index (χ0v) is 18.8. The van der Waals surface area contributed by atoms with E-state index in [1.807, 2.05) is 60.1 Å². The number of aromatic amines is 1. The number of hydrogen-bond donors (Lipinski definition) is 1. The van der Waals surface area contributed by atoms with Crippen LogP contribution in [0.25, 0.3) is 38.9 Å². The van der Waals surface area contributed by atoms with Crippen molar-refractivity contribution in [1.82, 2.24) is 40.0 Å². The predicted molar refractivity (Wildman–Crippen MR) is 128 cm³/mol. The molecule has 0 saturated carbocycles. The average molecular weight is 475 g/mol. The Morgan fingerprint density at radius 2 is 1.91 bits per heavy atom. The number of H-pyrrole nitrogens is 1. The van der Waals surface area contributed by atoms with E-state index in [4.69, 9.17) is 23.2 Å². The summed E-state index contributed by atoms with van der Waals surface area (Å²) in [5.41, 5.74) is 5.85. The van der Waals surface area contributed by atoms with Crippen LogP contribution in [0, 0.1) is 0 Å². The number of nitrogens with zero attached hydrogens (tertiary/aromatic N) is 7. The molecule has 0 radical (unpaired) electrons. The van der Waals surface area contributed by atoms with Gasteiger partial charge in [0, 0.05) is 23.3 Å². The van der Waals surface area contributed by atoms with Gasteiger partial charge in [0.15, 0.2) is 0 Å². The first-order chi connectivity index (χ1) is 16.1. The number of nitrogens with one attached hydrogen (secondary N) is 1. The Bertz CT molecular complexity index is 1610. The van der Waals surface area contributed by atoms with Crippen LogP contribution in [-0.2, 0) is 0 Å². The third-order valence-electron chi connectivity index (χ3n) is 5.69. The highest BCUT2D eigenvalue weighted by molar-refractivity contribution is 6.35. The van der Waals surface area contributed by atoms with Crippen molar-refractivity contribution in [2.24, 2.45) is 0 Å². The van der Waals surface area contributed by atoms with Gasteiger partial charge in [-0.15, -0.1) is 5.10 Å². The molecule has 6 aromatic rings. The molecule has 6 rings (SSSR count). The minimum atomic E-state index is -0.104. The third kappa shape index (κ3) is 3.35. The summed E-state index contributed by atoms with van der Waals surface area (Å²) >= 11 is 12.6. The highest BCUT2D eigenvalue weighted by atomic mass is 35.5. The highest BCUT2D eigenvalue weighted by Crippen LogP contribution is 2.33. The lowest BCUT2D eigenvalue weighted by atomic mass is 10.1. The van der Waals surface area contributed by atoms with Crippen LogP contribution in [-0.4, -0.2) is 40.0 Å². The lowest BCUT2D eigenvalue weighted by Crippen LogP contribution is -2.11. The maximum absolute atomic E-state index is 6.64. The second kappa shape index (κ2) is 7.68. The van der Waals surface area contributed by atoms with Crippen molar-refractivity contribution in [3.05, 3.63) is 82.9 Å². The molecule has 0 spiro atoms. The summed E-state index contributed by atoms with van der Waals surface area (Å²) in [6.07, 6.45) is 5.19. The van der Waals surface area contributed by atoms with E-state index in [9.17, 15) is 0 Å². The Kier molecular flexibility index (Phi) is 4.63. The largest absolute Gasteiger partial charge is 0.278 e. The molecule has 10 heteroatoms. The van der Waals surface area contributed by atoms with Crippen LogP contribution in [0.2, 0.25) is 10.0 Å². The first kappa shape index (κ1) is 19.9. The van der Waals surface area contributed by atoms with Crippen LogP contribution < -0.4 is 0 Å². The summed E-state index contributed by atoms with van der Waals surface area (Å²) in [4.78, 5) is 4.45. The first-order valence-electron chi connectivity index (χ1n) is 10.2. The van der Waals surface area contributed by atoms with Crippen molar-refractivity contribution in [3.8, 4) is 16.9 Å². The van der Waals surface area contributed by atoms with Crippen LogP contribution in [0.4, 0.5) is 0 Å². The van der Waals surface area contributed by atoms with Crippen LogP contribution in [0.1, 0.15) is 18.7 Å². The number of fused-ring (bicyclic) bond motifs is 2. The number of rotatable bonds is 4. The number of aromatic nitrogens is 8. The van der Waals surface area contributed by atoms with E-state index in [0.717, 1.165) is 39.1 Å². The van der Waals surface area contributed by atoms with Gasteiger partial charge in [0.05, 0.1) is 50.4 Å². The second-order valence-corrected chi connectivity index (χ2v) is 8.55. The highest BCUT2D eigenvalue weighted by Gasteiger charge is 2.18. The number of benzene rings is 2. The Labute approximate surface area is 197 Å². The Hall–Kier alpha value is -3.75. The van der Waals surface area contributed by atoms with Crippen molar-refractivity contribution >= 4 is 45.1 Å². The molecule has 0 bridgehead atoms. The minimum Gasteiger partial charge on any atom is -0.278 e. The molecule has 8 nitrogen and oxygen atoms in total. The molecule has 0 aliphatic heterocycles. The van der Waals surface area contributed by atoms with E-state index in [2.05, 4.69) is 30.6 Å². The molecule has 4 heterocycles. The fourth-order valence-electron chi connectivity index (χ4n) is 3.99. The second-order valence-electron chi connectivity index (χ2n) is 7.71. The van der Waals surface area contributed by atoms with Gasteiger partial charge in [-0.25, -0.2) is 4.68 Å². The molecule has 0 saturated heterocycles. The van der Waals surface area contributed by atoms with Gasteiger partial charge in [0.25, 0.3) is 0 Å². The summed E-state index contributed by atoms with van der Waals surface area (Å²) in [5.74, 6) is 0. The Morgan fingerprint density at radius 1 is 1.00 bits per heavy atom. The fraction of sp³-hybridized carbons (Fsp3) is 0.0870. The zero-order valence-electron chi connectivity index (χ0n) is 17.3. The number of halogens is 2. The monoisotopic (exact) mass is 474 g/mol. The molecule has 1 atom stereocenters. The van der Waals surface area contributed by atoms with Gasteiger partial charge in [-0.1, -0.05) is 28.4 Å². The third-order valence-corrected chi connectivity index (χ3v) is 6.20. The smallest absolute Gasteiger partial charge is 0.132 e. The molecule has 0 aliphatic rings. The van der Waals surface area contributed by atoms with Gasteiger partial charge in [-0.05, 0) is 55.5 Å². The normalized spacial score (nSPS) is 12.6. The molecular formula is C23H16Cl2N8. The Morgan fingerprint density at radius 3 is 2.76 bits per heavy atom. The fourth-order valence-corrected chi connectivity index (χ4v) is 4.35. The van der Waals surface area contributed by atoms with E-state index in [0.29, 0.717) is 15.6 Å². The van der Waals surface area contributed by atoms with Crippen LogP contribution in [0.15, 0.2) is 67.1 Å². The quantitative estimate of drug-likeness (QED) is 0.365. The number of hydrogen-bond acceptors (Lipinski definition) is 5. The van der Waals surface area contributed by atoms with Gasteiger partial charge in [-0.3, -0.25) is 14.8 Å². The summed E-state index contributed by atoms with van der Waals surface area (Å²) < 4.78 is 3.69. The molecule has 0 amide bonds. The van der Waals surface area contributed by atoms with Gasteiger partial charge in [-0.2, -0.15) is 10.2 Å². The summed E-state index contributed by atoms with van der Waals surface area (Å²) in [5, 5.41) is 22.4. The first-order valence-corrected chi connectivity index (χ1v) is 11.0. The number of pyridine rings is 1. The molecule has 1 N–H and O–H groups in total. The molecule has 0 fully saturated rings. The minimum absolute atomic E-state index is 0.104. The standard InChI is InChI=1S/C23H16Cl2N8/c1-13(19-5-3-16(24)12-26-19)32-21(6-7-28-32)15-8-18(25)23-22(9-15)33(31-30-23)17-4-2-14-11-27-29-20(14)10-17/h2-13H,1H3,(H,27,29). The maximum atomic E-state index is 6.64. The van der Waals surface area contributed by atoms with Crippen LogP contribution in [0.3, 0.4) is 0 Å². The van der Waals surface area contributed by atoms with Crippen LogP contribution >= 0.6 is 23.2 Å². The van der Waals surface area contributed by atoms with Crippen molar-refractivity contribution in [1.29, 1.82) is 0 Å². The van der Waals surface area contributed by atoms with Crippen molar-refractivity contribution in [2.45, 2.75) is 13.0 Å². The molecule has 33 heavy (non-hydrogen) atoms. The van der Waals surface area contributed by atoms with Crippen molar-refractivity contribution in [3.63, 3.8) is 0 Å². The summed E-state index contributed by atoms with van der Waals surface area (Å²) in [6.45, 7) is 2.04. The lowest BCUT2D eigenvalue weighted by Gasteiger charge is -2.16. The molecule has 162 valence electrons. The maximum Gasteiger partial charge on any atom is 0.132 e. The van der Waals surface area contributed by atoms with Crippen molar-refractivity contribution < 1.29 is 0 Å². The summed E-state index contributed by atoms with van der Waals surface area (Å²) in [6, 6.07) is 15.4. The molecule has 2 aromatic carbocycles. The Balaban J connectivity index is 1.47. The molecular weight excluding hydrogens is 459 g/mol. The van der Waals surface area contributed by atoms with E-state index < -0.39 is 0 Å². The SMILES string of the molecule is CC(c1ccc(Cl)cn1)n1nccc1-c1cc(Cl)c2nnn(-c3ccc4cn[nH]c4c3)c2c1. The van der Waals surface area contributed by atoms with Crippen LogP contribution in [0.5, 0.6) is 0 Å². The molecule has 4 aromatic heterocycles. The van der Waals surface area contributed by atoms with E-state index >= 15 is 0 Å². The average Bonchev–Trinajstić information content (AvgIpc) is 3.57.